The summed E-state index contributed by atoms with van der Waals surface area (Å²) in [7, 11) is 0. The lowest BCUT2D eigenvalue weighted by molar-refractivity contribution is -0.124. The van der Waals surface area contributed by atoms with Crippen molar-refractivity contribution in [1.29, 1.82) is 0 Å². The van der Waals surface area contributed by atoms with Crippen LogP contribution in [0.5, 0.6) is 0 Å². The fourth-order valence-electron chi connectivity index (χ4n) is 3.12. The number of carbonyl (C=O) groups excluding carboxylic acids is 2. The van der Waals surface area contributed by atoms with Crippen molar-refractivity contribution in [1.82, 2.24) is 15.2 Å². The number of hydrogen-bond donors (Lipinski definition) is 1. The van der Waals surface area contributed by atoms with Gasteiger partial charge < -0.3 is 10.2 Å². The molecule has 7 heteroatoms. The van der Waals surface area contributed by atoms with Gasteiger partial charge in [-0.2, -0.15) is 0 Å². The van der Waals surface area contributed by atoms with E-state index in [0.29, 0.717) is 23.7 Å². The Morgan fingerprint density at radius 1 is 1.14 bits per heavy atom. The average Bonchev–Trinajstić information content (AvgIpc) is 3.43. The normalized spacial score (nSPS) is 16.0. The molecule has 29 heavy (non-hydrogen) atoms. The fraction of sp³-hybridized carbons (Fsp3) is 0.227. The van der Waals surface area contributed by atoms with Crippen LogP contribution in [0.3, 0.4) is 0 Å². The zero-order valence-electron chi connectivity index (χ0n) is 16.0. The van der Waals surface area contributed by atoms with Gasteiger partial charge in [-0.3, -0.25) is 9.59 Å². The van der Waals surface area contributed by atoms with Gasteiger partial charge in [0.25, 0.3) is 5.91 Å². The second-order valence-corrected chi connectivity index (χ2v) is 8.74. The number of amides is 2. The molecule has 1 unspecified atom stereocenters. The number of hydrogen-bond acceptors (Lipinski definition) is 5. The Balaban J connectivity index is 1.38. The molecule has 1 fully saturated rings. The number of aryl methyl sites for hydroxylation is 1. The summed E-state index contributed by atoms with van der Waals surface area (Å²) >= 11 is 3.16. The second kappa shape index (κ2) is 8.80. The van der Waals surface area contributed by atoms with E-state index < -0.39 is 6.04 Å². The predicted molar refractivity (Wildman–Crippen MR) is 118 cm³/mol. The maximum Gasteiger partial charge on any atom is 0.255 e. The topological polar surface area (TPSA) is 62.3 Å². The van der Waals surface area contributed by atoms with Gasteiger partial charge in [0.15, 0.2) is 0 Å². The Bertz CT molecular complexity index is 1000. The number of thioether (sulfide) groups is 1. The highest BCUT2D eigenvalue weighted by Gasteiger charge is 2.35. The first-order valence-electron chi connectivity index (χ1n) is 9.35. The van der Waals surface area contributed by atoms with E-state index in [1.54, 1.807) is 28.0 Å². The van der Waals surface area contributed by atoms with Crippen molar-refractivity contribution in [3.8, 4) is 10.6 Å². The van der Waals surface area contributed by atoms with Crippen molar-refractivity contribution < 1.29 is 9.59 Å². The number of carbonyl (C=O) groups is 2. The Kier molecular flexibility index (Phi) is 5.97. The summed E-state index contributed by atoms with van der Waals surface area (Å²) in [5.74, 6) is 0.898. The van der Waals surface area contributed by atoms with Gasteiger partial charge in [0.2, 0.25) is 5.91 Å². The maximum absolute atomic E-state index is 12.8. The zero-order valence-corrected chi connectivity index (χ0v) is 17.6. The lowest BCUT2D eigenvalue weighted by Crippen LogP contribution is -2.47. The predicted octanol–water partition coefficient (Wildman–Crippen LogP) is 3.95. The minimum atomic E-state index is -0.457. The number of aromatic nitrogens is 1. The second-order valence-electron chi connectivity index (χ2n) is 6.88. The van der Waals surface area contributed by atoms with Crippen LogP contribution in [-0.2, 0) is 11.3 Å². The van der Waals surface area contributed by atoms with Crippen molar-refractivity contribution in [2.75, 3.05) is 11.6 Å². The van der Waals surface area contributed by atoms with E-state index in [2.05, 4.69) is 10.3 Å². The third-order valence-electron chi connectivity index (χ3n) is 4.76. The molecule has 0 aliphatic carbocycles. The molecule has 0 spiro atoms. The van der Waals surface area contributed by atoms with E-state index >= 15 is 0 Å². The Morgan fingerprint density at radius 3 is 2.66 bits per heavy atom. The third-order valence-corrected chi connectivity index (χ3v) is 6.71. The largest absolute Gasteiger partial charge is 0.349 e. The molecule has 2 amide bonds. The van der Waals surface area contributed by atoms with Crippen molar-refractivity contribution >= 4 is 34.9 Å². The van der Waals surface area contributed by atoms with Gasteiger partial charge in [-0.05, 0) is 19.1 Å². The van der Waals surface area contributed by atoms with Crippen LogP contribution in [0.1, 0.15) is 21.6 Å². The van der Waals surface area contributed by atoms with Crippen LogP contribution in [0, 0.1) is 6.92 Å². The van der Waals surface area contributed by atoms with Crippen LogP contribution < -0.4 is 5.32 Å². The molecule has 1 aromatic heterocycles. The Labute approximate surface area is 178 Å². The number of benzene rings is 2. The van der Waals surface area contributed by atoms with E-state index in [9.17, 15) is 9.59 Å². The number of nitrogens with zero attached hydrogens (tertiary/aromatic N) is 2. The van der Waals surface area contributed by atoms with Crippen LogP contribution >= 0.6 is 23.1 Å². The van der Waals surface area contributed by atoms with Crippen molar-refractivity contribution in [3.05, 3.63) is 76.8 Å². The smallest absolute Gasteiger partial charge is 0.255 e. The van der Waals surface area contributed by atoms with Crippen LogP contribution in [0.4, 0.5) is 0 Å². The van der Waals surface area contributed by atoms with Crippen LogP contribution in [0.25, 0.3) is 10.6 Å². The summed E-state index contributed by atoms with van der Waals surface area (Å²) in [5.41, 5.74) is 3.61. The monoisotopic (exact) mass is 423 g/mol. The highest BCUT2D eigenvalue weighted by Crippen LogP contribution is 2.25. The molecular formula is C22H21N3O2S2. The SMILES string of the molecule is Cc1ccc(C(=O)N2CSCC2C(=O)NCc2csc(-c3ccccc3)n2)cc1. The molecule has 0 saturated carbocycles. The van der Waals surface area contributed by atoms with Crippen LogP contribution in [0.2, 0.25) is 0 Å². The molecular weight excluding hydrogens is 402 g/mol. The minimum Gasteiger partial charge on any atom is -0.349 e. The van der Waals surface area contributed by atoms with Crippen molar-refractivity contribution in [3.63, 3.8) is 0 Å². The quantitative estimate of drug-likeness (QED) is 0.675. The molecule has 2 heterocycles. The van der Waals surface area contributed by atoms with Gasteiger partial charge in [0.1, 0.15) is 11.0 Å². The Hall–Kier alpha value is -2.64. The summed E-state index contributed by atoms with van der Waals surface area (Å²) in [5, 5.41) is 5.84. The molecule has 3 aromatic rings. The third kappa shape index (κ3) is 4.52. The standard InChI is InChI=1S/C22H21N3O2S2/c1-15-7-9-17(10-8-15)22(27)25-14-28-13-19(25)20(26)23-11-18-12-29-21(24-18)16-5-3-2-4-6-16/h2-10,12,19H,11,13-14H2,1H3,(H,23,26). The Morgan fingerprint density at radius 2 is 1.90 bits per heavy atom. The van der Waals surface area contributed by atoms with Gasteiger partial charge in [-0.15, -0.1) is 23.1 Å². The summed E-state index contributed by atoms with van der Waals surface area (Å²) in [6.07, 6.45) is 0. The first-order chi connectivity index (χ1) is 14.1. The van der Waals surface area contributed by atoms with E-state index in [1.807, 2.05) is 66.9 Å². The highest BCUT2D eigenvalue weighted by atomic mass is 32.2. The molecule has 0 radical (unpaired) electrons. The average molecular weight is 424 g/mol. The molecule has 1 aliphatic rings. The van der Waals surface area contributed by atoms with Crippen LogP contribution in [0.15, 0.2) is 60.0 Å². The van der Waals surface area contributed by atoms with E-state index in [-0.39, 0.29) is 11.8 Å². The molecule has 1 saturated heterocycles. The zero-order chi connectivity index (χ0) is 20.2. The van der Waals surface area contributed by atoms with E-state index in [4.69, 9.17) is 0 Å². The summed E-state index contributed by atoms with van der Waals surface area (Å²) in [6.45, 7) is 2.34. The lowest BCUT2D eigenvalue weighted by atomic mass is 10.1. The first-order valence-corrected chi connectivity index (χ1v) is 11.4. The van der Waals surface area contributed by atoms with Gasteiger partial charge in [0.05, 0.1) is 18.1 Å². The molecule has 1 aliphatic heterocycles. The molecule has 2 aromatic carbocycles. The molecule has 4 rings (SSSR count). The van der Waals surface area contributed by atoms with Crippen LogP contribution in [-0.4, -0.2) is 39.4 Å². The summed E-state index contributed by atoms with van der Waals surface area (Å²) in [6, 6.07) is 17.0. The van der Waals surface area contributed by atoms with E-state index in [0.717, 1.165) is 21.8 Å². The molecule has 0 bridgehead atoms. The van der Waals surface area contributed by atoms with E-state index in [1.165, 1.54) is 0 Å². The van der Waals surface area contributed by atoms with Crippen molar-refractivity contribution in [2.24, 2.45) is 0 Å². The summed E-state index contributed by atoms with van der Waals surface area (Å²) in [4.78, 5) is 31.8. The minimum absolute atomic E-state index is 0.102. The summed E-state index contributed by atoms with van der Waals surface area (Å²) < 4.78 is 0. The molecule has 1 N–H and O–H groups in total. The van der Waals surface area contributed by atoms with Gasteiger partial charge in [-0.1, -0.05) is 48.0 Å². The first kappa shape index (κ1) is 19.7. The molecule has 148 valence electrons. The van der Waals surface area contributed by atoms with Gasteiger partial charge in [-0.25, -0.2) is 4.98 Å². The van der Waals surface area contributed by atoms with Crippen molar-refractivity contribution in [2.45, 2.75) is 19.5 Å². The van der Waals surface area contributed by atoms with Gasteiger partial charge >= 0.3 is 0 Å². The fourth-order valence-corrected chi connectivity index (χ4v) is 5.10. The molecule has 5 nitrogen and oxygen atoms in total. The highest BCUT2D eigenvalue weighted by molar-refractivity contribution is 7.99. The molecule has 1 atom stereocenters. The van der Waals surface area contributed by atoms with Gasteiger partial charge in [0, 0.05) is 22.3 Å². The number of thiazole rings is 1. The number of nitrogens with one attached hydrogen (secondary N) is 1. The lowest BCUT2D eigenvalue weighted by Gasteiger charge is -2.23. The maximum atomic E-state index is 12.8. The number of rotatable bonds is 5.